The summed E-state index contributed by atoms with van der Waals surface area (Å²) in [5, 5.41) is 6.60. The van der Waals surface area contributed by atoms with Gasteiger partial charge in [0, 0.05) is 17.9 Å². The molecule has 2 N–H and O–H groups in total. The van der Waals surface area contributed by atoms with E-state index < -0.39 is 0 Å². The number of piperidine rings is 1. The lowest BCUT2D eigenvalue weighted by atomic mass is 9.84. The van der Waals surface area contributed by atoms with Crippen LogP contribution in [0.15, 0.2) is 24.3 Å². The predicted molar refractivity (Wildman–Crippen MR) is 89.9 cm³/mol. The highest BCUT2D eigenvalue weighted by Crippen LogP contribution is 2.58. The van der Waals surface area contributed by atoms with Gasteiger partial charge in [0.05, 0.1) is 0 Å². The van der Waals surface area contributed by atoms with Crippen molar-refractivity contribution in [1.82, 2.24) is 10.6 Å². The molecule has 1 unspecified atom stereocenters. The summed E-state index contributed by atoms with van der Waals surface area (Å²) in [6.45, 7) is 9.34. The van der Waals surface area contributed by atoms with Crippen LogP contribution in [0.1, 0.15) is 44.2 Å². The van der Waals surface area contributed by atoms with Crippen molar-refractivity contribution < 1.29 is 4.79 Å². The normalized spacial score (nSPS) is 23.3. The van der Waals surface area contributed by atoms with E-state index in [1.807, 2.05) is 0 Å². The zero-order valence-corrected chi connectivity index (χ0v) is 14.0. The number of carbonyl (C=O) groups excluding carboxylic acids is 1. The molecule has 3 rings (SSSR count). The maximum Gasteiger partial charge on any atom is 0.223 e. The van der Waals surface area contributed by atoms with Crippen molar-refractivity contribution in [2.45, 2.75) is 45.4 Å². The van der Waals surface area contributed by atoms with E-state index in [1.54, 1.807) is 0 Å². The van der Waals surface area contributed by atoms with Crippen molar-refractivity contribution in [3.63, 3.8) is 0 Å². The molecule has 22 heavy (non-hydrogen) atoms. The highest BCUT2D eigenvalue weighted by molar-refractivity contribution is 5.82. The standard InChI is InChI=1S/C19H28N2O/c1-14-4-6-15(7-5-14)18(2,3)13-21-17(22)16-12-19(16)8-10-20-11-9-19/h4-7,16,20H,8-13H2,1-3H3,(H,21,22). The molecule has 1 aliphatic heterocycles. The van der Waals surface area contributed by atoms with Gasteiger partial charge in [-0.1, -0.05) is 43.7 Å². The molecular weight excluding hydrogens is 272 g/mol. The highest BCUT2D eigenvalue weighted by atomic mass is 16.2. The molecule has 1 amide bonds. The molecule has 1 aliphatic carbocycles. The van der Waals surface area contributed by atoms with Gasteiger partial charge in [0.15, 0.2) is 0 Å². The number of benzene rings is 1. The van der Waals surface area contributed by atoms with Crippen LogP contribution in [0.4, 0.5) is 0 Å². The molecule has 120 valence electrons. The summed E-state index contributed by atoms with van der Waals surface area (Å²) in [5.41, 5.74) is 2.85. The Morgan fingerprint density at radius 1 is 1.27 bits per heavy atom. The van der Waals surface area contributed by atoms with Gasteiger partial charge in [-0.15, -0.1) is 0 Å². The number of hydrogen-bond acceptors (Lipinski definition) is 2. The molecule has 0 bridgehead atoms. The Hall–Kier alpha value is -1.35. The van der Waals surface area contributed by atoms with E-state index in [9.17, 15) is 4.79 Å². The fourth-order valence-corrected chi connectivity index (χ4v) is 3.73. The third-order valence-corrected chi connectivity index (χ3v) is 5.64. The predicted octanol–water partition coefficient (Wildman–Crippen LogP) is 2.78. The zero-order chi connectivity index (χ0) is 15.8. The Balaban J connectivity index is 1.55. The van der Waals surface area contributed by atoms with Crippen LogP contribution in [-0.2, 0) is 10.2 Å². The Morgan fingerprint density at radius 2 is 1.91 bits per heavy atom. The maximum absolute atomic E-state index is 12.5. The summed E-state index contributed by atoms with van der Waals surface area (Å²) < 4.78 is 0. The van der Waals surface area contributed by atoms with E-state index in [-0.39, 0.29) is 17.2 Å². The van der Waals surface area contributed by atoms with Gasteiger partial charge in [-0.3, -0.25) is 4.79 Å². The quantitative estimate of drug-likeness (QED) is 0.898. The Morgan fingerprint density at radius 3 is 2.55 bits per heavy atom. The molecule has 1 saturated heterocycles. The van der Waals surface area contributed by atoms with E-state index >= 15 is 0 Å². The average Bonchev–Trinajstić information content (AvgIpc) is 3.19. The van der Waals surface area contributed by atoms with E-state index in [4.69, 9.17) is 0 Å². The van der Waals surface area contributed by atoms with Gasteiger partial charge in [0.1, 0.15) is 0 Å². The molecule has 1 aromatic carbocycles. The van der Waals surface area contributed by atoms with Crippen LogP contribution in [0.2, 0.25) is 0 Å². The maximum atomic E-state index is 12.5. The lowest BCUT2D eigenvalue weighted by molar-refractivity contribution is -0.123. The van der Waals surface area contributed by atoms with Crippen LogP contribution in [-0.4, -0.2) is 25.5 Å². The van der Waals surface area contributed by atoms with Crippen molar-refractivity contribution in [3.8, 4) is 0 Å². The minimum absolute atomic E-state index is 0.0282. The fourth-order valence-electron chi connectivity index (χ4n) is 3.73. The molecule has 3 heteroatoms. The summed E-state index contributed by atoms with van der Waals surface area (Å²) in [4.78, 5) is 12.5. The zero-order valence-electron chi connectivity index (χ0n) is 14.0. The van der Waals surface area contributed by atoms with Gasteiger partial charge in [-0.05, 0) is 50.3 Å². The van der Waals surface area contributed by atoms with Gasteiger partial charge >= 0.3 is 0 Å². The minimum atomic E-state index is -0.0282. The number of amides is 1. The smallest absolute Gasteiger partial charge is 0.223 e. The molecule has 1 spiro atoms. The van der Waals surface area contributed by atoms with Gasteiger partial charge in [0.2, 0.25) is 5.91 Å². The highest BCUT2D eigenvalue weighted by Gasteiger charge is 2.57. The SMILES string of the molecule is Cc1ccc(C(C)(C)CNC(=O)C2CC23CCNCC3)cc1. The first kappa shape index (κ1) is 15.5. The Labute approximate surface area is 133 Å². The van der Waals surface area contributed by atoms with Crippen LogP contribution in [0.5, 0.6) is 0 Å². The Bertz CT molecular complexity index is 541. The van der Waals surface area contributed by atoms with Crippen molar-refractivity contribution >= 4 is 5.91 Å². The van der Waals surface area contributed by atoms with Crippen molar-refractivity contribution in [1.29, 1.82) is 0 Å². The van der Waals surface area contributed by atoms with Crippen LogP contribution >= 0.6 is 0 Å². The monoisotopic (exact) mass is 300 g/mol. The molecule has 2 aliphatic rings. The molecule has 1 heterocycles. The van der Waals surface area contributed by atoms with E-state index in [1.165, 1.54) is 11.1 Å². The third-order valence-electron chi connectivity index (χ3n) is 5.64. The first-order valence-corrected chi connectivity index (χ1v) is 8.49. The second-order valence-electron chi connectivity index (χ2n) is 7.84. The number of rotatable bonds is 4. The number of hydrogen-bond donors (Lipinski definition) is 2. The summed E-state index contributed by atoms with van der Waals surface area (Å²) in [6, 6.07) is 8.63. The molecule has 3 nitrogen and oxygen atoms in total. The largest absolute Gasteiger partial charge is 0.355 e. The molecular formula is C19H28N2O. The number of nitrogens with one attached hydrogen (secondary N) is 2. The van der Waals surface area contributed by atoms with Crippen molar-refractivity contribution in [2.75, 3.05) is 19.6 Å². The summed E-state index contributed by atoms with van der Waals surface area (Å²) in [6.07, 6.45) is 3.41. The van der Waals surface area contributed by atoms with Crippen LogP contribution < -0.4 is 10.6 Å². The lowest BCUT2D eigenvalue weighted by Crippen LogP contribution is -2.39. The summed E-state index contributed by atoms with van der Waals surface area (Å²) >= 11 is 0. The van der Waals surface area contributed by atoms with Crippen molar-refractivity contribution in [2.24, 2.45) is 11.3 Å². The number of aryl methyl sites for hydroxylation is 1. The third kappa shape index (κ3) is 3.05. The molecule has 0 aromatic heterocycles. The van der Waals surface area contributed by atoms with Crippen LogP contribution in [0.3, 0.4) is 0 Å². The first-order chi connectivity index (χ1) is 10.4. The van der Waals surface area contributed by atoms with Gasteiger partial charge in [0.25, 0.3) is 0 Å². The van der Waals surface area contributed by atoms with E-state index in [0.29, 0.717) is 12.0 Å². The molecule has 1 aromatic rings. The van der Waals surface area contributed by atoms with Gasteiger partial charge in [-0.2, -0.15) is 0 Å². The fraction of sp³-hybridized carbons (Fsp3) is 0.632. The summed E-state index contributed by atoms with van der Waals surface area (Å²) in [7, 11) is 0. The molecule has 0 radical (unpaired) electrons. The number of carbonyl (C=O) groups is 1. The Kier molecular flexibility index (Phi) is 4.02. The second kappa shape index (κ2) is 5.69. The van der Waals surface area contributed by atoms with Gasteiger partial charge in [-0.25, -0.2) is 0 Å². The van der Waals surface area contributed by atoms with Crippen LogP contribution in [0.25, 0.3) is 0 Å². The van der Waals surface area contributed by atoms with E-state index in [2.05, 4.69) is 55.7 Å². The van der Waals surface area contributed by atoms with Crippen LogP contribution in [0, 0.1) is 18.3 Å². The lowest BCUT2D eigenvalue weighted by Gasteiger charge is -2.27. The van der Waals surface area contributed by atoms with Gasteiger partial charge < -0.3 is 10.6 Å². The molecule has 1 atom stereocenters. The molecule has 2 fully saturated rings. The molecule has 1 saturated carbocycles. The topological polar surface area (TPSA) is 41.1 Å². The average molecular weight is 300 g/mol. The first-order valence-electron chi connectivity index (χ1n) is 8.49. The minimum Gasteiger partial charge on any atom is -0.355 e. The van der Waals surface area contributed by atoms with Crippen molar-refractivity contribution in [3.05, 3.63) is 35.4 Å². The summed E-state index contributed by atoms with van der Waals surface area (Å²) in [5.74, 6) is 0.519. The second-order valence-corrected chi connectivity index (χ2v) is 7.84. The van der Waals surface area contributed by atoms with E-state index in [0.717, 1.165) is 32.4 Å².